The average Bonchev–Trinajstić information content (AvgIpc) is 2.60. The molecule has 5 heteroatoms. The van der Waals surface area contributed by atoms with E-state index in [2.05, 4.69) is 24.4 Å². The SMILES string of the molecule is CCc1ccc([C@H](C)NC(=O)/C=C/c2cccc([N+](=O)[O-])c2)cc1. The van der Waals surface area contributed by atoms with Crippen LogP contribution in [-0.2, 0) is 11.2 Å². The zero-order valence-electron chi connectivity index (χ0n) is 13.7. The third-order valence-electron chi connectivity index (χ3n) is 3.75. The van der Waals surface area contributed by atoms with E-state index in [1.54, 1.807) is 18.2 Å². The largest absolute Gasteiger partial charge is 0.346 e. The number of nitro benzene ring substituents is 1. The Hall–Kier alpha value is -2.95. The fourth-order valence-corrected chi connectivity index (χ4v) is 2.30. The van der Waals surface area contributed by atoms with Gasteiger partial charge in [-0.15, -0.1) is 0 Å². The van der Waals surface area contributed by atoms with E-state index in [0.29, 0.717) is 5.56 Å². The summed E-state index contributed by atoms with van der Waals surface area (Å²) in [5.74, 6) is -0.242. The minimum absolute atomic E-state index is 0.00180. The second-order valence-electron chi connectivity index (χ2n) is 5.51. The van der Waals surface area contributed by atoms with E-state index in [1.807, 2.05) is 19.1 Å². The molecule has 0 spiro atoms. The van der Waals surface area contributed by atoms with Crippen molar-refractivity contribution in [3.63, 3.8) is 0 Å². The smallest absolute Gasteiger partial charge is 0.270 e. The normalized spacial score (nSPS) is 12.1. The zero-order chi connectivity index (χ0) is 17.5. The lowest BCUT2D eigenvalue weighted by atomic mass is 10.0. The van der Waals surface area contributed by atoms with Gasteiger partial charge >= 0.3 is 0 Å². The second-order valence-corrected chi connectivity index (χ2v) is 5.51. The topological polar surface area (TPSA) is 72.2 Å². The van der Waals surface area contributed by atoms with Crippen LogP contribution in [0.2, 0.25) is 0 Å². The lowest BCUT2D eigenvalue weighted by Crippen LogP contribution is -2.24. The summed E-state index contributed by atoms with van der Waals surface area (Å²) in [6.07, 6.45) is 3.93. The van der Waals surface area contributed by atoms with E-state index >= 15 is 0 Å². The first-order chi connectivity index (χ1) is 11.5. The number of carbonyl (C=O) groups excluding carboxylic acids is 1. The van der Waals surface area contributed by atoms with E-state index in [0.717, 1.165) is 12.0 Å². The quantitative estimate of drug-likeness (QED) is 0.495. The van der Waals surface area contributed by atoms with Gasteiger partial charge in [0.25, 0.3) is 5.69 Å². The number of nitrogens with one attached hydrogen (secondary N) is 1. The molecule has 0 saturated carbocycles. The maximum atomic E-state index is 12.0. The van der Waals surface area contributed by atoms with Crippen molar-refractivity contribution in [3.8, 4) is 0 Å². The number of aryl methyl sites for hydroxylation is 1. The molecule has 124 valence electrons. The van der Waals surface area contributed by atoms with Gasteiger partial charge in [-0.05, 0) is 36.1 Å². The molecule has 0 aliphatic rings. The molecule has 2 aromatic carbocycles. The molecule has 1 N–H and O–H groups in total. The number of nitro groups is 1. The van der Waals surface area contributed by atoms with Crippen molar-refractivity contribution in [3.05, 3.63) is 81.4 Å². The molecule has 1 amide bonds. The first-order valence-electron chi connectivity index (χ1n) is 7.81. The summed E-state index contributed by atoms with van der Waals surface area (Å²) in [5.41, 5.74) is 2.90. The summed E-state index contributed by atoms with van der Waals surface area (Å²) in [7, 11) is 0. The Morgan fingerprint density at radius 1 is 1.25 bits per heavy atom. The molecule has 5 nitrogen and oxygen atoms in total. The van der Waals surface area contributed by atoms with Gasteiger partial charge in [-0.25, -0.2) is 0 Å². The molecule has 0 aliphatic heterocycles. The van der Waals surface area contributed by atoms with E-state index < -0.39 is 4.92 Å². The van der Waals surface area contributed by atoms with Crippen molar-refractivity contribution in [1.29, 1.82) is 0 Å². The molecule has 0 aromatic heterocycles. The average molecular weight is 324 g/mol. The Morgan fingerprint density at radius 2 is 1.96 bits per heavy atom. The number of carbonyl (C=O) groups is 1. The summed E-state index contributed by atoms with van der Waals surface area (Å²) >= 11 is 0. The van der Waals surface area contributed by atoms with Crippen LogP contribution < -0.4 is 5.32 Å². The minimum atomic E-state index is -0.459. The van der Waals surface area contributed by atoms with Crippen molar-refractivity contribution in [2.45, 2.75) is 26.3 Å². The van der Waals surface area contributed by atoms with Crippen LogP contribution in [0.25, 0.3) is 6.08 Å². The van der Waals surface area contributed by atoms with Gasteiger partial charge in [-0.1, -0.05) is 43.3 Å². The van der Waals surface area contributed by atoms with Gasteiger partial charge in [0.1, 0.15) is 0 Å². The second kappa shape index (κ2) is 8.06. The number of non-ortho nitro benzene ring substituents is 1. The Kier molecular flexibility index (Phi) is 5.84. The van der Waals surface area contributed by atoms with Gasteiger partial charge in [-0.3, -0.25) is 14.9 Å². The Morgan fingerprint density at radius 3 is 2.58 bits per heavy atom. The number of rotatable bonds is 6. The minimum Gasteiger partial charge on any atom is -0.346 e. The van der Waals surface area contributed by atoms with Crippen molar-refractivity contribution in [2.75, 3.05) is 0 Å². The molecule has 0 heterocycles. The van der Waals surface area contributed by atoms with Gasteiger partial charge in [-0.2, -0.15) is 0 Å². The fourth-order valence-electron chi connectivity index (χ4n) is 2.30. The van der Waals surface area contributed by atoms with Crippen LogP contribution in [-0.4, -0.2) is 10.8 Å². The number of hydrogen-bond donors (Lipinski definition) is 1. The Bertz CT molecular complexity index is 751. The van der Waals surface area contributed by atoms with E-state index in [4.69, 9.17) is 0 Å². The number of nitrogens with zero attached hydrogens (tertiary/aromatic N) is 1. The van der Waals surface area contributed by atoms with E-state index in [-0.39, 0.29) is 17.6 Å². The zero-order valence-corrected chi connectivity index (χ0v) is 13.7. The third kappa shape index (κ3) is 4.78. The lowest BCUT2D eigenvalue weighted by molar-refractivity contribution is -0.384. The summed E-state index contributed by atoms with van der Waals surface area (Å²) in [6, 6.07) is 14.2. The molecule has 0 unspecified atom stereocenters. The number of benzene rings is 2. The number of hydrogen-bond acceptors (Lipinski definition) is 3. The van der Waals surface area contributed by atoms with Crippen molar-refractivity contribution < 1.29 is 9.72 Å². The molecule has 1 atom stereocenters. The summed E-state index contributed by atoms with van der Waals surface area (Å²) in [4.78, 5) is 22.3. The van der Waals surface area contributed by atoms with Crippen molar-refractivity contribution in [1.82, 2.24) is 5.32 Å². The molecular formula is C19H20N2O3. The van der Waals surface area contributed by atoms with Gasteiger partial charge < -0.3 is 5.32 Å². The van der Waals surface area contributed by atoms with Crippen LogP contribution in [0.5, 0.6) is 0 Å². The van der Waals surface area contributed by atoms with E-state index in [9.17, 15) is 14.9 Å². The van der Waals surface area contributed by atoms with Gasteiger partial charge in [0.05, 0.1) is 11.0 Å². The highest BCUT2D eigenvalue weighted by molar-refractivity contribution is 5.92. The molecule has 2 rings (SSSR count). The summed E-state index contributed by atoms with van der Waals surface area (Å²) in [6.45, 7) is 4.01. The Balaban J connectivity index is 1.98. The van der Waals surface area contributed by atoms with Gasteiger partial charge in [0.15, 0.2) is 0 Å². The molecule has 0 radical (unpaired) electrons. The lowest BCUT2D eigenvalue weighted by Gasteiger charge is -2.13. The fraction of sp³-hybridized carbons (Fsp3) is 0.211. The predicted molar refractivity (Wildman–Crippen MR) is 94.5 cm³/mol. The highest BCUT2D eigenvalue weighted by atomic mass is 16.6. The highest BCUT2D eigenvalue weighted by Crippen LogP contribution is 2.15. The number of amides is 1. The van der Waals surface area contributed by atoms with Crippen LogP contribution in [0.3, 0.4) is 0 Å². The van der Waals surface area contributed by atoms with Crippen molar-refractivity contribution in [2.24, 2.45) is 0 Å². The first-order valence-corrected chi connectivity index (χ1v) is 7.81. The summed E-state index contributed by atoms with van der Waals surface area (Å²) < 4.78 is 0. The standard InChI is InChI=1S/C19H20N2O3/c1-3-15-7-10-17(11-8-15)14(2)20-19(22)12-9-16-5-4-6-18(13-16)21(23)24/h4-14H,3H2,1-2H3,(H,20,22)/b12-9+/t14-/m0/s1. The Labute approximate surface area is 141 Å². The van der Waals surface area contributed by atoms with Crippen LogP contribution in [0.15, 0.2) is 54.6 Å². The molecular weight excluding hydrogens is 304 g/mol. The molecule has 0 fully saturated rings. The maximum absolute atomic E-state index is 12.0. The van der Waals surface area contributed by atoms with Crippen LogP contribution in [0, 0.1) is 10.1 Å². The molecule has 24 heavy (non-hydrogen) atoms. The maximum Gasteiger partial charge on any atom is 0.270 e. The predicted octanol–water partition coefficient (Wildman–Crippen LogP) is 4.05. The van der Waals surface area contributed by atoms with Gasteiger partial charge in [0, 0.05) is 18.2 Å². The van der Waals surface area contributed by atoms with Crippen molar-refractivity contribution >= 4 is 17.7 Å². The first kappa shape index (κ1) is 17.4. The van der Waals surface area contributed by atoms with Gasteiger partial charge in [0.2, 0.25) is 5.91 Å². The van der Waals surface area contributed by atoms with Crippen LogP contribution in [0.4, 0.5) is 5.69 Å². The molecule has 0 bridgehead atoms. The van der Waals surface area contributed by atoms with Crippen LogP contribution >= 0.6 is 0 Å². The summed E-state index contributed by atoms with van der Waals surface area (Å²) in [5, 5.41) is 13.6. The van der Waals surface area contributed by atoms with Crippen LogP contribution in [0.1, 0.15) is 36.6 Å². The highest BCUT2D eigenvalue weighted by Gasteiger charge is 2.08. The third-order valence-corrected chi connectivity index (χ3v) is 3.75. The van der Waals surface area contributed by atoms with E-state index in [1.165, 1.54) is 23.8 Å². The molecule has 0 saturated heterocycles. The molecule has 0 aliphatic carbocycles. The monoisotopic (exact) mass is 324 g/mol. The molecule has 2 aromatic rings.